The number of ether oxygens (including phenoxy) is 1. The van der Waals surface area contributed by atoms with E-state index in [1.807, 2.05) is 24.5 Å². The summed E-state index contributed by atoms with van der Waals surface area (Å²) < 4.78 is 8.31. The lowest BCUT2D eigenvalue weighted by Crippen LogP contribution is -2.03. The van der Waals surface area contributed by atoms with Crippen LogP contribution >= 0.6 is 0 Å². The largest absolute Gasteiger partial charge is 0.491 e. The zero-order chi connectivity index (χ0) is 15.9. The first-order valence-corrected chi connectivity index (χ1v) is 8.70. The number of aromatic nitrogens is 3. The molecule has 0 atom stereocenters. The quantitative estimate of drug-likeness (QED) is 0.796. The fraction of sp³-hybridized carbons (Fsp3) is 0.368. The number of rotatable bonds is 4. The highest BCUT2D eigenvalue weighted by Gasteiger charge is 2.22. The summed E-state index contributed by atoms with van der Waals surface area (Å²) in [4.78, 5) is 9.03. The molecule has 3 heterocycles. The molecule has 0 bridgehead atoms. The number of benzene rings is 1. The fourth-order valence-corrected chi connectivity index (χ4v) is 3.37. The molecule has 0 unspecified atom stereocenters. The molecule has 0 radical (unpaired) electrons. The van der Waals surface area contributed by atoms with Crippen LogP contribution in [0.15, 0.2) is 36.7 Å². The molecule has 1 saturated carbocycles. The third-order valence-corrected chi connectivity index (χ3v) is 4.82. The second-order valence-electron chi connectivity index (χ2n) is 6.69. The predicted molar refractivity (Wildman–Crippen MR) is 94.3 cm³/mol. The van der Waals surface area contributed by atoms with Gasteiger partial charge in [-0.1, -0.05) is 0 Å². The fourth-order valence-electron chi connectivity index (χ4n) is 3.37. The summed E-state index contributed by atoms with van der Waals surface area (Å²) in [5.74, 6) is 2.78. The topological polar surface area (TPSA) is 52.0 Å². The van der Waals surface area contributed by atoms with Crippen molar-refractivity contribution in [3.8, 4) is 17.1 Å². The first kappa shape index (κ1) is 13.8. The van der Waals surface area contributed by atoms with Crippen LogP contribution in [-0.2, 0) is 6.54 Å². The van der Waals surface area contributed by atoms with Crippen LogP contribution in [0.3, 0.4) is 0 Å². The Morgan fingerprint density at radius 2 is 2.08 bits per heavy atom. The Morgan fingerprint density at radius 3 is 2.92 bits per heavy atom. The Kier molecular flexibility index (Phi) is 3.18. The van der Waals surface area contributed by atoms with E-state index in [4.69, 9.17) is 9.72 Å². The molecule has 1 aliphatic heterocycles. The highest BCUT2D eigenvalue weighted by atomic mass is 16.5. The van der Waals surface area contributed by atoms with Gasteiger partial charge in [-0.2, -0.15) is 0 Å². The molecule has 0 saturated heterocycles. The number of aryl methyl sites for hydroxylation is 1. The van der Waals surface area contributed by atoms with E-state index in [1.165, 1.54) is 12.8 Å². The van der Waals surface area contributed by atoms with Gasteiger partial charge in [0.2, 0.25) is 0 Å². The first-order valence-electron chi connectivity index (χ1n) is 8.70. The van der Waals surface area contributed by atoms with Gasteiger partial charge in [0, 0.05) is 42.8 Å². The molecular formula is C19H20N4O. The van der Waals surface area contributed by atoms with Crippen LogP contribution in [0.1, 0.15) is 19.3 Å². The van der Waals surface area contributed by atoms with E-state index in [0.717, 1.165) is 65.9 Å². The van der Waals surface area contributed by atoms with Crippen LogP contribution in [0.4, 0.5) is 5.69 Å². The molecule has 2 aliphatic rings. The summed E-state index contributed by atoms with van der Waals surface area (Å²) in [6, 6.07) is 8.31. The van der Waals surface area contributed by atoms with Gasteiger partial charge in [0.15, 0.2) is 0 Å². The first-order chi connectivity index (χ1) is 11.9. The van der Waals surface area contributed by atoms with E-state index in [9.17, 15) is 0 Å². The number of nitrogens with one attached hydrogen (secondary N) is 1. The van der Waals surface area contributed by atoms with E-state index in [-0.39, 0.29) is 0 Å². The van der Waals surface area contributed by atoms with E-state index < -0.39 is 0 Å². The van der Waals surface area contributed by atoms with Gasteiger partial charge in [0.1, 0.15) is 17.1 Å². The lowest BCUT2D eigenvalue weighted by atomic mass is 10.2. The molecule has 3 aromatic rings. The zero-order valence-corrected chi connectivity index (χ0v) is 13.5. The van der Waals surface area contributed by atoms with Crippen LogP contribution in [0.5, 0.6) is 5.75 Å². The highest BCUT2D eigenvalue weighted by Crippen LogP contribution is 2.36. The van der Waals surface area contributed by atoms with Crippen LogP contribution < -0.4 is 10.1 Å². The van der Waals surface area contributed by atoms with Crippen molar-refractivity contribution >= 4 is 16.7 Å². The van der Waals surface area contributed by atoms with Gasteiger partial charge in [0.05, 0.1) is 12.1 Å². The van der Waals surface area contributed by atoms with Crippen molar-refractivity contribution < 1.29 is 4.74 Å². The molecule has 1 aromatic carbocycles. The molecule has 1 N–H and O–H groups in total. The Hall–Kier alpha value is -2.56. The molecule has 0 spiro atoms. The summed E-state index contributed by atoms with van der Waals surface area (Å²) in [5.41, 5.74) is 4.31. The number of pyridine rings is 1. The Bertz CT molecular complexity index is 883. The second-order valence-corrected chi connectivity index (χ2v) is 6.69. The van der Waals surface area contributed by atoms with Gasteiger partial charge in [-0.3, -0.25) is 4.98 Å². The molecule has 2 aromatic heterocycles. The van der Waals surface area contributed by atoms with Crippen molar-refractivity contribution in [2.45, 2.75) is 25.8 Å². The van der Waals surface area contributed by atoms with Gasteiger partial charge in [0.25, 0.3) is 0 Å². The standard InChI is InChI=1S/C19H20N4O/c1-8-23-18-16(22-19(23)14-4-6-20-7-5-14)10-15(11-17(18)24-9-1)21-12-13-2-3-13/h4-7,10-11,13,21H,1-3,8-9,12H2. The summed E-state index contributed by atoms with van der Waals surface area (Å²) >= 11 is 0. The maximum atomic E-state index is 6.02. The van der Waals surface area contributed by atoms with Crippen LogP contribution in [0.2, 0.25) is 0 Å². The Morgan fingerprint density at radius 1 is 1.21 bits per heavy atom. The van der Waals surface area contributed by atoms with Crippen molar-refractivity contribution in [1.29, 1.82) is 0 Å². The Labute approximate surface area is 140 Å². The molecule has 24 heavy (non-hydrogen) atoms. The van der Waals surface area contributed by atoms with Gasteiger partial charge in [-0.25, -0.2) is 4.98 Å². The molecule has 0 amide bonds. The SMILES string of the molecule is c1cc(-c2nc3cc(NCC4CC4)cc4c3n2CCCO4)ccn1. The lowest BCUT2D eigenvalue weighted by molar-refractivity contribution is 0.316. The van der Waals surface area contributed by atoms with Gasteiger partial charge < -0.3 is 14.6 Å². The van der Waals surface area contributed by atoms with Crippen molar-refractivity contribution in [3.63, 3.8) is 0 Å². The van der Waals surface area contributed by atoms with E-state index >= 15 is 0 Å². The number of hydrogen-bond donors (Lipinski definition) is 1. The normalized spacial score (nSPS) is 16.7. The Balaban J connectivity index is 1.64. The van der Waals surface area contributed by atoms with E-state index in [0.29, 0.717) is 0 Å². The average molecular weight is 320 g/mol. The van der Waals surface area contributed by atoms with Crippen molar-refractivity contribution in [2.75, 3.05) is 18.5 Å². The molecule has 5 nitrogen and oxygen atoms in total. The monoisotopic (exact) mass is 320 g/mol. The molecule has 5 heteroatoms. The van der Waals surface area contributed by atoms with Gasteiger partial charge >= 0.3 is 0 Å². The zero-order valence-electron chi connectivity index (χ0n) is 13.5. The number of hydrogen-bond acceptors (Lipinski definition) is 4. The third kappa shape index (κ3) is 2.40. The average Bonchev–Trinajstić information content (AvgIpc) is 3.40. The van der Waals surface area contributed by atoms with Crippen molar-refractivity contribution in [2.24, 2.45) is 5.92 Å². The molecule has 122 valence electrons. The molecular weight excluding hydrogens is 300 g/mol. The van der Waals surface area contributed by atoms with E-state index in [2.05, 4.69) is 27.0 Å². The molecule has 5 rings (SSSR count). The van der Waals surface area contributed by atoms with Crippen LogP contribution in [0.25, 0.3) is 22.4 Å². The maximum Gasteiger partial charge on any atom is 0.147 e. The minimum atomic E-state index is 0.749. The summed E-state index contributed by atoms with van der Waals surface area (Å²) in [7, 11) is 0. The lowest BCUT2D eigenvalue weighted by Gasteiger charge is -2.09. The highest BCUT2D eigenvalue weighted by molar-refractivity contribution is 5.89. The number of imidazole rings is 1. The maximum absolute atomic E-state index is 6.02. The van der Waals surface area contributed by atoms with Crippen molar-refractivity contribution in [1.82, 2.24) is 14.5 Å². The summed E-state index contributed by atoms with van der Waals surface area (Å²) in [6.45, 7) is 2.72. The predicted octanol–water partition coefficient (Wildman–Crippen LogP) is 3.70. The van der Waals surface area contributed by atoms with Crippen molar-refractivity contribution in [3.05, 3.63) is 36.7 Å². The van der Waals surface area contributed by atoms with Crippen LogP contribution in [-0.4, -0.2) is 27.7 Å². The summed E-state index contributed by atoms with van der Waals surface area (Å²) in [6.07, 6.45) is 7.32. The minimum absolute atomic E-state index is 0.749. The van der Waals surface area contributed by atoms with Crippen LogP contribution in [0, 0.1) is 5.92 Å². The number of anilines is 1. The summed E-state index contributed by atoms with van der Waals surface area (Å²) in [5, 5.41) is 3.55. The third-order valence-electron chi connectivity index (χ3n) is 4.82. The molecule has 1 fully saturated rings. The van der Waals surface area contributed by atoms with Gasteiger partial charge in [-0.05, 0) is 43.4 Å². The smallest absolute Gasteiger partial charge is 0.147 e. The molecule has 1 aliphatic carbocycles. The van der Waals surface area contributed by atoms with E-state index in [1.54, 1.807) is 0 Å². The second kappa shape index (κ2) is 5.51. The number of nitrogens with zero attached hydrogens (tertiary/aromatic N) is 3. The minimum Gasteiger partial charge on any atom is -0.491 e. The van der Waals surface area contributed by atoms with Gasteiger partial charge in [-0.15, -0.1) is 0 Å².